The van der Waals surface area contributed by atoms with Crippen molar-refractivity contribution in [1.82, 2.24) is 15.1 Å². The molecule has 3 aromatic rings. The summed E-state index contributed by atoms with van der Waals surface area (Å²) in [4.78, 5) is 17.3. The van der Waals surface area contributed by atoms with E-state index >= 15 is 0 Å². The summed E-state index contributed by atoms with van der Waals surface area (Å²) < 4.78 is 19.7. The number of likely N-dealkylation sites (N-methyl/N-ethyl adjacent to an activating group) is 1. The largest absolute Gasteiger partial charge is 0.507 e. The Morgan fingerprint density at radius 3 is 2.71 bits per heavy atom. The molecule has 1 amide bonds. The number of ether oxygens (including phenoxy) is 1. The number of para-hydroxylation sites is 1. The number of nitrogens with zero attached hydrogens (tertiary/aromatic N) is 2. The van der Waals surface area contributed by atoms with Gasteiger partial charge in [-0.1, -0.05) is 36.4 Å². The van der Waals surface area contributed by atoms with Crippen LogP contribution in [0.4, 0.5) is 4.39 Å². The molecule has 2 N–H and O–H groups in total. The lowest BCUT2D eigenvalue weighted by Gasteiger charge is -2.29. The number of hydrogen-bond donors (Lipinski definition) is 2. The van der Waals surface area contributed by atoms with Gasteiger partial charge >= 0.3 is 0 Å². The molecular weight excluding hydrogens is 481 g/mol. The zero-order chi connectivity index (χ0) is 26.5. The predicted molar refractivity (Wildman–Crippen MR) is 145 cm³/mol. The number of nitrogens with one attached hydrogen (secondary N) is 1. The number of phenolic OH excluding ortho intramolecular Hbond substituents is 1. The monoisotopic (exact) mass is 513 g/mol. The minimum Gasteiger partial charge on any atom is -0.507 e. The first-order valence-electron chi connectivity index (χ1n) is 12.9. The molecule has 1 unspecified atom stereocenters. The summed E-state index contributed by atoms with van der Waals surface area (Å²) in [5, 5.41) is 12.8. The van der Waals surface area contributed by atoms with Crippen molar-refractivity contribution in [2.24, 2.45) is 0 Å². The fourth-order valence-corrected chi connectivity index (χ4v) is 5.00. The standard InChI is InChI=1S/C31H32FN3O3/c1-34-16-5-8-28(34)23-6-4-17-35(20-23)21-24-11-10-22(18-30(24)38-26-14-12-25(32)13-15-26)19-33-31(37)27-7-2-3-9-29(27)36/h2-4,6-7,9-15,18,20,28,36H,5,8,16-17,19,21H2,1H3,(H,33,37). The molecule has 7 heteroatoms. The normalized spacial score (nSPS) is 17.4. The second kappa shape index (κ2) is 11.5. The molecule has 2 aliphatic rings. The van der Waals surface area contributed by atoms with E-state index in [-0.39, 0.29) is 29.6 Å². The maximum absolute atomic E-state index is 13.5. The molecule has 0 saturated carbocycles. The van der Waals surface area contributed by atoms with E-state index in [2.05, 4.69) is 40.5 Å². The molecule has 196 valence electrons. The molecule has 2 heterocycles. The molecule has 1 saturated heterocycles. The summed E-state index contributed by atoms with van der Waals surface area (Å²) in [5.41, 5.74) is 3.37. The van der Waals surface area contributed by atoms with Crippen molar-refractivity contribution in [3.8, 4) is 17.2 Å². The summed E-state index contributed by atoms with van der Waals surface area (Å²) in [6.07, 6.45) is 9.05. The number of aromatic hydroxyl groups is 1. The highest BCUT2D eigenvalue weighted by Gasteiger charge is 2.25. The lowest BCUT2D eigenvalue weighted by atomic mass is 10.0. The van der Waals surface area contributed by atoms with Crippen molar-refractivity contribution in [3.05, 3.63) is 113 Å². The zero-order valence-corrected chi connectivity index (χ0v) is 21.4. The molecule has 6 nitrogen and oxygen atoms in total. The van der Waals surface area contributed by atoms with Crippen LogP contribution in [0.2, 0.25) is 0 Å². The molecule has 0 aromatic heterocycles. The van der Waals surface area contributed by atoms with Crippen LogP contribution in [0.3, 0.4) is 0 Å². The van der Waals surface area contributed by atoms with E-state index < -0.39 is 0 Å². The zero-order valence-electron chi connectivity index (χ0n) is 21.4. The molecule has 0 spiro atoms. The van der Waals surface area contributed by atoms with Gasteiger partial charge in [0.15, 0.2) is 0 Å². The number of hydrogen-bond acceptors (Lipinski definition) is 5. The van der Waals surface area contributed by atoms with Crippen LogP contribution in [-0.2, 0) is 13.1 Å². The van der Waals surface area contributed by atoms with Gasteiger partial charge in [0.25, 0.3) is 5.91 Å². The summed E-state index contributed by atoms with van der Waals surface area (Å²) in [7, 11) is 2.18. The van der Waals surface area contributed by atoms with E-state index in [1.165, 1.54) is 36.6 Å². The first-order valence-corrected chi connectivity index (χ1v) is 12.9. The first kappa shape index (κ1) is 25.5. The third kappa shape index (κ3) is 6.06. The van der Waals surface area contributed by atoms with Crippen LogP contribution in [0.15, 0.2) is 90.7 Å². The van der Waals surface area contributed by atoms with Crippen LogP contribution in [-0.4, -0.2) is 47.0 Å². The van der Waals surface area contributed by atoms with Crippen molar-refractivity contribution >= 4 is 5.91 Å². The Labute approximate surface area is 222 Å². The smallest absolute Gasteiger partial charge is 0.255 e. The topological polar surface area (TPSA) is 65.0 Å². The number of carbonyl (C=O) groups excluding carboxylic acids is 1. The fourth-order valence-electron chi connectivity index (χ4n) is 5.00. The van der Waals surface area contributed by atoms with Gasteiger partial charge in [0.1, 0.15) is 23.1 Å². The van der Waals surface area contributed by atoms with Crippen LogP contribution < -0.4 is 10.1 Å². The van der Waals surface area contributed by atoms with E-state index in [1.807, 2.05) is 18.2 Å². The summed E-state index contributed by atoms with van der Waals surface area (Å²) in [5.74, 6) is 0.432. The molecule has 38 heavy (non-hydrogen) atoms. The summed E-state index contributed by atoms with van der Waals surface area (Å²) in [6.45, 7) is 2.82. The van der Waals surface area contributed by atoms with E-state index in [0.29, 0.717) is 24.1 Å². The molecule has 0 bridgehead atoms. The maximum atomic E-state index is 13.5. The average Bonchev–Trinajstić information content (AvgIpc) is 3.36. The van der Waals surface area contributed by atoms with Gasteiger partial charge in [0.2, 0.25) is 0 Å². The predicted octanol–water partition coefficient (Wildman–Crippen LogP) is 5.60. The number of carbonyl (C=O) groups is 1. The van der Waals surface area contributed by atoms with Gasteiger partial charge in [-0.15, -0.1) is 0 Å². The van der Waals surface area contributed by atoms with E-state index in [0.717, 1.165) is 24.2 Å². The van der Waals surface area contributed by atoms with Crippen molar-refractivity contribution in [2.45, 2.75) is 32.0 Å². The highest BCUT2D eigenvalue weighted by atomic mass is 19.1. The maximum Gasteiger partial charge on any atom is 0.255 e. The second-order valence-electron chi connectivity index (χ2n) is 9.80. The van der Waals surface area contributed by atoms with Crippen molar-refractivity contribution in [2.75, 3.05) is 20.1 Å². The molecule has 1 fully saturated rings. The van der Waals surface area contributed by atoms with Crippen LogP contribution in [0.25, 0.3) is 0 Å². The van der Waals surface area contributed by atoms with Gasteiger partial charge in [0, 0.05) is 37.4 Å². The lowest BCUT2D eigenvalue weighted by Crippen LogP contribution is -2.30. The SMILES string of the molecule is CN1CCCC1C1=CN(Cc2ccc(CNC(=O)c3ccccc3O)cc2Oc2ccc(F)cc2)CC=C1. The number of phenols is 1. The Balaban J connectivity index is 1.35. The lowest BCUT2D eigenvalue weighted by molar-refractivity contribution is 0.0948. The Bertz CT molecular complexity index is 1350. The Kier molecular flexibility index (Phi) is 7.75. The molecular formula is C31H32FN3O3. The first-order chi connectivity index (χ1) is 18.5. The van der Waals surface area contributed by atoms with Gasteiger partial charge < -0.3 is 20.1 Å². The molecule has 0 radical (unpaired) electrons. The van der Waals surface area contributed by atoms with E-state index in [9.17, 15) is 14.3 Å². The van der Waals surface area contributed by atoms with Gasteiger partial charge in [-0.2, -0.15) is 0 Å². The van der Waals surface area contributed by atoms with Crippen molar-refractivity contribution in [1.29, 1.82) is 0 Å². The average molecular weight is 514 g/mol. The van der Waals surface area contributed by atoms with Gasteiger partial charge in [-0.3, -0.25) is 9.69 Å². The molecule has 2 aliphatic heterocycles. The summed E-state index contributed by atoms with van der Waals surface area (Å²) >= 11 is 0. The molecule has 1 atom stereocenters. The summed E-state index contributed by atoms with van der Waals surface area (Å²) in [6, 6.07) is 18.7. The molecule has 0 aliphatic carbocycles. The van der Waals surface area contributed by atoms with Crippen LogP contribution in [0.1, 0.15) is 34.3 Å². The van der Waals surface area contributed by atoms with E-state index in [1.54, 1.807) is 30.3 Å². The molecule has 5 rings (SSSR count). The minimum atomic E-state index is -0.358. The van der Waals surface area contributed by atoms with Crippen molar-refractivity contribution in [3.63, 3.8) is 0 Å². The van der Waals surface area contributed by atoms with Crippen LogP contribution in [0, 0.1) is 5.82 Å². The van der Waals surface area contributed by atoms with Crippen LogP contribution >= 0.6 is 0 Å². The number of amides is 1. The van der Waals surface area contributed by atoms with Gasteiger partial charge in [-0.25, -0.2) is 4.39 Å². The van der Waals surface area contributed by atoms with Crippen molar-refractivity contribution < 1.29 is 19.0 Å². The van der Waals surface area contributed by atoms with E-state index in [4.69, 9.17) is 4.74 Å². The number of likely N-dealkylation sites (tertiary alicyclic amines) is 1. The third-order valence-corrected chi connectivity index (χ3v) is 7.04. The van der Waals surface area contributed by atoms with Crippen LogP contribution in [0.5, 0.6) is 17.2 Å². The Morgan fingerprint density at radius 2 is 1.95 bits per heavy atom. The Hall–Kier alpha value is -4.10. The number of rotatable bonds is 8. The quantitative estimate of drug-likeness (QED) is 0.410. The number of halogens is 1. The number of benzene rings is 3. The molecule has 3 aromatic carbocycles. The Morgan fingerprint density at radius 1 is 1.13 bits per heavy atom. The highest BCUT2D eigenvalue weighted by molar-refractivity contribution is 5.96. The second-order valence-corrected chi connectivity index (χ2v) is 9.80. The third-order valence-electron chi connectivity index (χ3n) is 7.04. The fraction of sp³-hybridized carbons (Fsp3) is 0.258. The van der Waals surface area contributed by atoms with Gasteiger partial charge in [0.05, 0.1) is 5.56 Å². The minimum absolute atomic E-state index is 0.0625. The van der Waals surface area contributed by atoms with Gasteiger partial charge in [-0.05, 0) is 80.0 Å². The highest BCUT2D eigenvalue weighted by Crippen LogP contribution is 2.30.